The van der Waals surface area contributed by atoms with E-state index < -0.39 is 0 Å². The molecule has 6 rings (SSSR count). The number of hydrogen-bond donors (Lipinski definition) is 3. The van der Waals surface area contributed by atoms with Gasteiger partial charge in [-0.05, 0) is 67.6 Å². The summed E-state index contributed by atoms with van der Waals surface area (Å²) in [6.45, 7) is 10.1. The lowest BCUT2D eigenvalue weighted by atomic mass is 9.83. The maximum absolute atomic E-state index is 13.8. The summed E-state index contributed by atoms with van der Waals surface area (Å²) in [7, 11) is 0. The number of benzene rings is 1. The number of nitrogens with zero attached hydrogens (tertiary/aromatic N) is 2. The molecule has 3 N–H and O–H groups in total. The van der Waals surface area contributed by atoms with Gasteiger partial charge in [-0.3, -0.25) is 10.1 Å². The summed E-state index contributed by atoms with van der Waals surface area (Å²) in [5, 5.41) is 12.0. The fraction of sp³-hybridized carbons (Fsp3) is 0.161. The van der Waals surface area contributed by atoms with Crippen LogP contribution < -0.4 is 5.32 Å². The van der Waals surface area contributed by atoms with Crippen LogP contribution in [-0.4, -0.2) is 20.2 Å². The maximum Gasteiger partial charge on any atom is 0.176 e. The molecule has 0 atom stereocenters. The Hall–Kier alpha value is -4.23. The smallest absolute Gasteiger partial charge is 0.176 e. The molecule has 1 aliphatic carbocycles. The number of allylic oxidation sites excluding steroid dienone is 3. The Morgan fingerprint density at radius 2 is 2.00 bits per heavy atom. The van der Waals surface area contributed by atoms with E-state index in [-0.39, 0.29) is 5.13 Å². The molecule has 4 heterocycles. The molecule has 5 aromatic rings. The Morgan fingerprint density at radius 3 is 2.74 bits per heavy atom. The van der Waals surface area contributed by atoms with Crippen LogP contribution in [0.2, 0.25) is 0 Å². The number of H-pyrrole nitrogens is 2. The number of aromatic amines is 2. The Bertz CT molecular complexity index is 1700. The van der Waals surface area contributed by atoms with E-state index in [1.165, 1.54) is 25.3 Å². The summed E-state index contributed by atoms with van der Waals surface area (Å²) in [6.07, 6.45) is 11.0. The largest absolute Gasteiger partial charge is 0.358 e. The number of aryl methyl sites for hydroxylation is 1. The van der Waals surface area contributed by atoms with E-state index in [4.69, 9.17) is 0 Å². The number of pyridine rings is 1. The van der Waals surface area contributed by atoms with Crippen molar-refractivity contribution in [1.29, 1.82) is 0 Å². The van der Waals surface area contributed by atoms with E-state index in [2.05, 4.69) is 62.9 Å². The van der Waals surface area contributed by atoms with Crippen molar-refractivity contribution in [3.63, 3.8) is 0 Å². The second-order valence-electron chi connectivity index (χ2n) is 9.71. The molecule has 5 nitrogen and oxygen atoms in total. The highest BCUT2D eigenvalue weighted by atomic mass is 32.1. The monoisotopic (exact) mass is 521 g/mol. The van der Waals surface area contributed by atoms with E-state index >= 15 is 0 Å². The summed E-state index contributed by atoms with van der Waals surface area (Å²) in [4.78, 5) is 8.81. The van der Waals surface area contributed by atoms with Gasteiger partial charge in [-0.1, -0.05) is 37.8 Å². The van der Waals surface area contributed by atoms with Gasteiger partial charge in [0.1, 0.15) is 5.69 Å². The van der Waals surface area contributed by atoms with Crippen LogP contribution in [0.5, 0.6) is 0 Å². The number of anilines is 1. The lowest BCUT2D eigenvalue weighted by molar-refractivity contribution is 0.371. The lowest BCUT2D eigenvalue weighted by Gasteiger charge is -2.28. The van der Waals surface area contributed by atoms with Gasteiger partial charge in [-0.15, -0.1) is 11.3 Å². The van der Waals surface area contributed by atoms with Crippen LogP contribution in [0.4, 0.5) is 10.1 Å². The van der Waals surface area contributed by atoms with Crippen LogP contribution >= 0.6 is 11.3 Å². The molecule has 1 aliphatic rings. The SMILES string of the molecule is C=C/C=C(/c1ccc(F)s1)c1cc(-c2n[nH]c3ccc(-c4cncc(NC(=C)C5CCC5)c4)cc23)[nH]c1C. The third-order valence-corrected chi connectivity index (χ3v) is 8.13. The van der Waals surface area contributed by atoms with Crippen LogP contribution in [0.1, 0.15) is 35.4 Å². The number of rotatable bonds is 8. The highest BCUT2D eigenvalue weighted by Gasteiger charge is 2.21. The summed E-state index contributed by atoms with van der Waals surface area (Å²) >= 11 is 1.12. The molecule has 0 saturated heterocycles. The topological polar surface area (TPSA) is 69.4 Å². The predicted molar refractivity (Wildman–Crippen MR) is 156 cm³/mol. The molecule has 38 heavy (non-hydrogen) atoms. The van der Waals surface area contributed by atoms with Gasteiger partial charge in [0, 0.05) is 44.6 Å². The molecule has 7 heteroatoms. The van der Waals surface area contributed by atoms with Gasteiger partial charge in [-0.2, -0.15) is 9.49 Å². The maximum atomic E-state index is 13.8. The average molecular weight is 522 g/mol. The first-order chi connectivity index (χ1) is 18.5. The number of hydrogen-bond acceptors (Lipinski definition) is 4. The molecule has 0 radical (unpaired) electrons. The molecule has 0 amide bonds. The average Bonchev–Trinajstić information content (AvgIpc) is 3.59. The molecule has 1 fully saturated rings. The molecule has 190 valence electrons. The molecule has 0 unspecified atom stereocenters. The molecule has 0 aliphatic heterocycles. The minimum absolute atomic E-state index is 0.213. The first-order valence-corrected chi connectivity index (χ1v) is 13.5. The third kappa shape index (κ3) is 4.50. The normalized spacial score (nSPS) is 14.0. The summed E-state index contributed by atoms with van der Waals surface area (Å²) < 4.78 is 13.8. The Morgan fingerprint density at radius 1 is 1.13 bits per heavy atom. The van der Waals surface area contributed by atoms with Crippen molar-refractivity contribution in [2.75, 3.05) is 5.32 Å². The van der Waals surface area contributed by atoms with Gasteiger partial charge < -0.3 is 10.3 Å². The number of fused-ring (bicyclic) bond motifs is 1. The molecular formula is C31H28FN5S. The highest BCUT2D eigenvalue weighted by Crippen LogP contribution is 2.37. The van der Waals surface area contributed by atoms with Gasteiger partial charge in [0.05, 0.1) is 23.1 Å². The Labute approximate surface area is 224 Å². The quantitative estimate of drug-likeness (QED) is 0.179. The number of halogens is 1. The van der Waals surface area contributed by atoms with Gasteiger partial charge in [-0.25, -0.2) is 0 Å². The summed E-state index contributed by atoms with van der Waals surface area (Å²) in [6, 6.07) is 13.7. The van der Waals surface area contributed by atoms with E-state index in [9.17, 15) is 4.39 Å². The van der Waals surface area contributed by atoms with Crippen LogP contribution in [0.15, 0.2) is 85.9 Å². The van der Waals surface area contributed by atoms with Crippen molar-refractivity contribution >= 4 is 33.5 Å². The molecule has 1 aromatic carbocycles. The van der Waals surface area contributed by atoms with Crippen LogP contribution in [0.25, 0.3) is 39.0 Å². The lowest BCUT2D eigenvalue weighted by Crippen LogP contribution is -2.18. The molecular weight excluding hydrogens is 493 g/mol. The van der Waals surface area contributed by atoms with E-state index in [0.29, 0.717) is 5.92 Å². The highest BCUT2D eigenvalue weighted by molar-refractivity contribution is 7.11. The Kier molecular flexibility index (Phi) is 6.29. The fourth-order valence-electron chi connectivity index (χ4n) is 4.96. The van der Waals surface area contributed by atoms with Gasteiger partial charge in [0.25, 0.3) is 0 Å². The number of aromatic nitrogens is 4. The zero-order valence-electron chi connectivity index (χ0n) is 21.1. The molecule has 1 saturated carbocycles. The summed E-state index contributed by atoms with van der Waals surface area (Å²) in [5.74, 6) is 0.554. The van der Waals surface area contributed by atoms with Crippen molar-refractivity contribution in [3.05, 3.63) is 107 Å². The van der Waals surface area contributed by atoms with E-state index in [0.717, 1.165) is 77.8 Å². The number of nitrogens with one attached hydrogen (secondary N) is 3. The minimum Gasteiger partial charge on any atom is -0.358 e. The third-order valence-electron chi connectivity index (χ3n) is 7.22. The van der Waals surface area contributed by atoms with E-state index in [1.807, 2.05) is 31.5 Å². The van der Waals surface area contributed by atoms with Gasteiger partial charge >= 0.3 is 0 Å². The minimum atomic E-state index is -0.213. The molecule has 0 spiro atoms. The first-order valence-electron chi connectivity index (χ1n) is 12.7. The zero-order valence-corrected chi connectivity index (χ0v) is 22.0. The summed E-state index contributed by atoms with van der Waals surface area (Å²) in [5.41, 5.74) is 9.63. The van der Waals surface area contributed by atoms with Crippen LogP contribution in [-0.2, 0) is 0 Å². The van der Waals surface area contributed by atoms with Gasteiger partial charge in [0.2, 0.25) is 0 Å². The zero-order chi connectivity index (χ0) is 26.2. The molecule has 4 aromatic heterocycles. The van der Waals surface area contributed by atoms with Gasteiger partial charge in [0.15, 0.2) is 5.13 Å². The standard InChI is InChI=1S/C31H28FN5S/c1-4-6-24(29-11-12-30(32)38-29)25-15-28(35-19(25)3)31-26-14-21(9-10-27(26)36-37-31)22-13-23(17-33-16-22)34-18(2)20-7-5-8-20/h4,6,9-17,20,34-35H,1-2,5,7-8H2,3H3,(H,36,37)/b24-6+. The van der Waals surface area contributed by atoms with E-state index in [1.54, 1.807) is 12.1 Å². The predicted octanol–water partition coefficient (Wildman–Crippen LogP) is 8.47. The first kappa shape index (κ1) is 24.1. The van der Waals surface area contributed by atoms with Crippen LogP contribution in [0, 0.1) is 18.0 Å². The van der Waals surface area contributed by atoms with Crippen molar-refractivity contribution < 1.29 is 4.39 Å². The van der Waals surface area contributed by atoms with Crippen molar-refractivity contribution in [3.8, 4) is 22.5 Å². The van der Waals surface area contributed by atoms with Crippen molar-refractivity contribution in [2.24, 2.45) is 5.92 Å². The van der Waals surface area contributed by atoms with Crippen LogP contribution in [0.3, 0.4) is 0 Å². The molecule has 0 bridgehead atoms. The number of thiophene rings is 1. The van der Waals surface area contributed by atoms with Crippen molar-refractivity contribution in [1.82, 2.24) is 20.2 Å². The second kappa shape index (κ2) is 9.91. The Balaban J connectivity index is 1.35. The van der Waals surface area contributed by atoms with Crippen molar-refractivity contribution in [2.45, 2.75) is 26.2 Å². The fourth-order valence-corrected chi connectivity index (χ4v) is 5.73. The second-order valence-corrected chi connectivity index (χ2v) is 10.7.